The Bertz CT molecular complexity index is 381. The normalized spacial score (nSPS) is 25.1. The molecule has 0 amide bonds. The maximum absolute atomic E-state index is 3.55. The largest absolute Gasteiger partial charge is 0.384 e. The number of benzene rings is 1. The molecular weight excluding hydrogens is 240 g/mol. The van der Waals surface area contributed by atoms with Crippen LogP contribution in [0.3, 0.4) is 0 Å². The second kappa shape index (κ2) is 6.48. The highest BCUT2D eigenvalue weighted by atomic mass is 32.2. The summed E-state index contributed by atoms with van der Waals surface area (Å²) in [5.41, 5.74) is 2.60. The maximum Gasteiger partial charge on any atom is 0.0370 e. The highest BCUT2D eigenvalue weighted by Gasteiger charge is 2.24. The van der Waals surface area contributed by atoms with Gasteiger partial charge >= 0.3 is 0 Å². The van der Waals surface area contributed by atoms with E-state index in [4.69, 9.17) is 0 Å². The molecule has 1 heterocycles. The van der Waals surface area contributed by atoms with E-state index in [0.29, 0.717) is 6.04 Å². The number of hydrogen-bond acceptors (Lipinski definition) is 3. The van der Waals surface area contributed by atoms with Crippen LogP contribution in [0.2, 0.25) is 0 Å². The molecule has 1 saturated heterocycles. The second-order valence-electron chi connectivity index (χ2n) is 5.09. The standard InChI is InChI=1S/C15H24N2S/c1-12-6-4-5-7-15(12)16-8-9-17-10-11-18-14(3)13(17)2/h4-7,13-14,16H,8-11H2,1-3H3. The van der Waals surface area contributed by atoms with E-state index in [0.717, 1.165) is 18.3 Å². The smallest absolute Gasteiger partial charge is 0.0370 e. The van der Waals surface area contributed by atoms with Crippen LogP contribution in [0, 0.1) is 6.92 Å². The minimum absolute atomic E-state index is 0.697. The van der Waals surface area contributed by atoms with E-state index in [1.54, 1.807) is 0 Å². The molecular formula is C15H24N2S. The van der Waals surface area contributed by atoms with Gasteiger partial charge in [0.05, 0.1) is 0 Å². The predicted octanol–water partition coefficient (Wildman–Crippen LogP) is 3.23. The van der Waals surface area contributed by atoms with Gasteiger partial charge in [-0.05, 0) is 25.5 Å². The Kier molecular flexibility index (Phi) is 4.95. The summed E-state index contributed by atoms with van der Waals surface area (Å²) in [6.07, 6.45) is 0. The molecule has 0 spiro atoms. The van der Waals surface area contributed by atoms with Crippen LogP contribution in [-0.4, -0.2) is 41.6 Å². The molecule has 3 heteroatoms. The van der Waals surface area contributed by atoms with Crippen LogP contribution in [0.5, 0.6) is 0 Å². The van der Waals surface area contributed by atoms with Crippen molar-refractivity contribution in [1.29, 1.82) is 0 Å². The number of hydrogen-bond donors (Lipinski definition) is 1. The van der Waals surface area contributed by atoms with Gasteiger partial charge in [-0.15, -0.1) is 0 Å². The summed E-state index contributed by atoms with van der Waals surface area (Å²) in [4.78, 5) is 2.60. The third-order valence-corrected chi connectivity index (χ3v) is 5.21. The molecule has 0 aliphatic carbocycles. The minimum Gasteiger partial charge on any atom is -0.384 e. The molecule has 1 N–H and O–H groups in total. The van der Waals surface area contributed by atoms with Crippen LogP contribution in [-0.2, 0) is 0 Å². The van der Waals surface area contributed by atoms with Crippen molar-refractivity contribution in [2.45, 2.75) is 32.1 Å². The molecule has 0 saturated carbocycles. The Balaban J connectivity index is 1.80. The Morgan fingerprint density at radius 1 is 1.33 bits per heavy atom. The first-order chi connectivity index (χ1) is 8.68. The van der Waals surface area contributed by atoms with Gasteiger partial charge in [-0.1, -0.05) is 25.1 Å². The topological polar surface area (TPSA) is 15.3 Å². The van der Waals surface area contributed by atoms with Crippen molar-refractivity contribution in [3.63, 3.8) is 0 Å². The minimum atomic E-state index is 0.697. The molecule has 18 heavy (non-hydrogen) atoms. The molecule has 0 bridgehead atoms. The van der Waals surface area contributed by atoms with E-state index in [1.165, 1.54) is 23.5 Å². The summed E-state index contributed by atoms with van der Waals surface area (Å²) in [5, 5.41) is 4.31. The van der Waals surface area contributed by atoms with Gasteiger partial charge in [0.1, 0.15) is 0 Å². The molecule has 0 aromatic heterocycles. The third-order valence-electron chi connectivity index (χ3n) is 3.87. The SMILES string of the molecule is Cc1ccccc1NCCN1CCSC(C)C1C. The fourth-order valence-electron chi connectivity index (χ4n) is 2.42. The summed E-state index contributed by atoms with van der Waals surface area (Å²) < 4.78 is 0. The molecule has 100 valence electrons. The highest BCUT2D eigenvalue weighted by Crippen LogP contribution is 2.23. The number of nitrogens with zero attached hydrogens (tertiary/aromatic N) is 1. The van der Waals surface area contributed by atoms with Gasteiger partial charge in [-0.3, -0.25) is 4.90 Å². The van der Waals surface area contributed by atoms with E-state index in [1.807, 2.05) is 0 Å². The van der Waals surface area contributed by atoms with Crippen LogP contribution in [0.15, 0.2) is 24.3 Å². The molecule has 1 aliphatic heterocycles. The zero-order valence-corrected chi connectivity index (χ0v) is 12.5. The lowest BCUT2D eigenvalue weighted by atomic mass is 10.2. The zero-order chi connectivity index (χ0) is 13.0. The summed E-state index contributed by atoms with van der Waals surface area (Å²) in [6, 6.07) is 9.20. The lowest BCUT2D eigenvalue weighted by molar-refractivity contribution is 0.221. The summed E-state index contributed by atoms with van der Waals surface area (Å²) in [5.74, 6) is 1.27. The van der Waals surface area contributed by atoms with Crippen molar-refractivity contribution in [1.82, 2.24) is 4.90 Å². The first-order valence-corrected chi connectivity index (χ1v) is 7.88. The van der Waals surface area contributed by atoms with Crippen LogP contribution in [0.4, 0.5) is 5.69 Å². The van der Waals surface area contributed by atoms with Crippen LogP contribution in [0.25, 0.3) is 0 Å². The second-order valence-corrected chi connectivity index (χ2v) is 6.58. The van der Waals surface area contributed by atoms with Gasteiger partial charge in [-0.25, -0.2) is 0 Å². The Hall–Kier alpha value is -0.670. The van der Waals surface area contributed by atoms with E-state index in [2.05, 4.69) is 67.0 Å². The third kappa shape index (κ3) is 3.42. The number of aryl methyl sites for hydroxylation is 1. The molecule has 1 aromatic carbocycles. The lowest BCUT2D eigenvalue weighted by Gasteiger charge is -2.37. The van der Waals surface area contributed by atoms with Gasteiger partial charge in [0, 0.05) is 42.4 Å². The molecule has 1 aliphatic rings. The van der Waals surface area contributed by atoms with Gasteiger partial charge in [0.2, 0.25) is 0 Å². The van der Waals surface area contributed by atoms with Crippen molar-refractivity contribution in [2.24, 2.45) is 0 Å². The fraction of sp³-hybridized carbons (Fsp3) is 0.600. The number of nitrogens with one attached hydrogen (secondary N) is 1. The first kappa shape index (κ1) is 13.8. The molecule has 1 fully saturated rings. The van der Waals surface area contributed by atoms with Crippen LogP contribution >= 0.6 is 11.8 Å². The molecule has 2 unspecified atom stereocenters. The molecule has 2 atom stereocenters. The van der Waals surface area contributed by atoms with Gasteiger partial charge in [-0.2, -0.15) is 11.8 Å². The number of rotatable bonds is 4. The first-order valence-electron chi connectivity index (χ1n) is 6.83. The number of para-hydroxylation sites is 1. The molecule has 2 rings (SSSR count). The van der Waals surface area contributed by atoms with Crippen LogP contribution in [0.1, 0.15) is 19.4 Å². The Labute approximate surface area is 115 Å². The average Bonchev–Trinajstić information content (AvgIpc) is 2.37. The molecule has 1 aromatic rings. The average molecular weight is 264 g/mol. The fourth-order valence-corrected chi connectivity index (χ4v) is 3.58. The van der Waals surface area contributed by atoms with Crippen molar-refractivity contribution < 1.29 is 0 Å². The van der Waals surface area contributed by atoms with Crippen molar-refractivity contribution in [2.75, 3.05) is 30.7 Å². The lowest BCUT2D eigenvalue weighted by Crippen LogP contribution is -2.46. The monoisotopic (exact) mass is 264 g/mol. The van der Waals surface area contributed by atoms with Crippen molar-refractivity contribution in [3.05, 3.63) is 29.8 Å². The molecule has 2 nitrogen and oxygen atoms in total. The van der Waals surface area contributed by atoms with Crippen LogP contribution < -0.4 is 5.32 Å². The van der Waals surface area contributed by atoms with E-state index in [9.17, 15) is 0 Å². The van der Waals surface area contributed by atoms with Crippen molar-refractivity contribution >= 4 is 17.4 Å². The summed E-state index contributed by atoms with van der Waals surface area (Å²) in [6.45, 7) is 10.3. The summed E-state index contributed by atoms with van der Waals surface area (Å²) in [7, 11) is 0. The van der Waals surface area contributed by atoms with E-state index < -0.39 is 0 Å². The predicted molar refractivity (Wildman–Crippen MR) is 82.6 cm³/mol. The maximum atomic E-state index is 3.55. The molecule has 0 radical (unpaired) electrons. The number of anilines is 1. The number of thioether (sulfide) groups is 1. The van der Waals surface area contributed by atoms with Crippen molar-refractivity contribution in [3.8, 4) is 0 Å². The van der Waals surface area contributed by atoms with E-state index >= 15 is 0 Å². The van der Waals surface area contributed by atoms with Gasteiger partial charge < -0.3 is 5.32 Å². The Morgan fingerprint density at radius 3 is 2.89 bits per heavy atom. The van der Waals surface area contributed by atoms with Gasteiger partial charge in [0.15, 0.2) is 0 Å². The Morgan fingerprint density at radius 2 is 2.11 bits per heavy atom. The highest BCUT2D eigenvalue weighted by molar-refractivity contribution is 8.00. The van der Waals surface area contributed by atoms with Gasteiger partial charge in [0.25, 0.3) is 0 Å². The zero-order valence-electron chi connectivity index (χ0n) is 11.6. The van der Waals surface area contributed by atoms with E-state index in [-0.39, 0.29) is 0 Å². The summed E-state index contributed by atoms with van der Waals surface area (Å²) >= 11 is 2.10. The quantitative estimate of drug-likeness (QED) is 0.899.